The Bertz CT molecular complexity index is 842. The van der Waals surface area contributed by atoms with Crippen molar-refractivity contribution in [3.63, 3.8) is 0 Å². The van der Waals surface area contributed by atoms with Gasteiger partial charge in [0.1, 0.15) is 6.04 Å². The third-order valence-electron chi connectivity index (χ3n) is 3.36. The van der Waals surface area contributed by atoms with Gasteiger partial charge >= 0.3 is 10.0 Å². The summed E-state index contributed by atoms with van der Waals surface area (Å²) in [4.78, 5) is 9.40. The van der Waals surface area contributed by atoms with Crippen molar-refractivity contribution in [3.8, 4) is 6.07 Å². The van der Waals surface area contributed by atoms with E-state index in [9.17, 15) is 8.42 Å². The first-order valence-corrected chi connectivity index (χ1v) is 8.74. The van der Waals surface area contributed by atoms with Gasteiger partial charge in [0.2, 0.25) is 0 Å². The van der Waals surface area contributed by atoms with Crippen molar-refractivity contribution in [2.45, 2.75) is 24.9 Å². The molecular weight excluding hydrogens is 326 g/mol. The van der Waals surface area contributed by atoms with E-state index in [4.69, 9.17) is 5.26 Å². The summed E-state index contributed by atoms with van der Waals surface area (Å²) >= 11 is 0. The van der Waals surface area contributed by atoms with E-state index in [-0.39, 0.29) is 11.1 Å². The summed E-state index contributed by atoms with van der Waals surface area (Å²) < 4.78 is 27.6. The molecule has 1 aromatic heterocycles. The van der Waals surface area contributed by atoms with Crippen molar-refractivity contribution >= 4 is 21.9 Å². The number of hydrogen-bond donors (Lipinski definition) is 0. The maximum atomic E-state index is 12.0. The van der Waals surface area contributed by atoms with Gasteiger partial charge in [-0.15, -0.1) is 0 Å². The van der Waals surface area contributed by atoms with Gasteiger partial charge in [-0.2, -0.15) is 18.1 Å². The van der Waals surface area contributed by atoms with Gasteiger partial charge < -0.3 is 4.90 Å². The van der Waals surface area contributed by atoms with Crippen molar-refractivity contribution < 1.29 is 8.42 Å². The molecule has 0 saturated carbocycles. The summed E-state index contributed by atoms with van der Waals surface area (Å²) in [5.41, 5.74) is 1.52. The quantitative estimate of drug-likeness (QED) is 0.744. The van der Waals surface area contributed by atoms with E-state index in [0.29, 0.717) is 12.1 Å². The van der Waals surface area contributed by atoms with Crippen molar-refractivity contribution in [1.82, 2.24) is 9.97 Å². The molecule has 1 heterocycles. The zero-order valence-electron chi connectivity index (χ0n) is 13.4. The number of hydrogen-bond acceptors (Lipinski definition) is 6. The Balaban J connectivity index is 2.19. The first-order valence-electron chi connectivity index (χ1n) is 7.30. The molecule has 0 bridgehead atoms. The van der Waals surface area contributed by atoms with Crippen LogP contribution in [0.5, 0.6) is 0 Å². The van der Waals surface area contributed by atoms with E-state index >= 15 is 0 Å². The summed E-state index contributed by atoms with van der Waals surface area (Å²) in [6.07, 6.45) is 5.10. The molecule has 2 aromatic rings. The number of benzene rings is 1. The van der Waals surface area contributed by atoms with Crippen LogP contribution in [0, 0.1) is 11.3 Å². The molecule has 0 N–H and O–H groups in total. The lowest BCUT2D eigenvalue weighted by Gasteiger charge is -2.25. The smallest absolute Gasteiger partial charge is 0.301 e. The van der Waals surface area contributed by atoms with E-state index in [1.807, 2.05) is 30.9 Å². The average Bonchev–Trinajstić information content (AvgIpc) is 2.62. The van der Waals surface area contributed by atoms with Crippen LogP contribution in [0.3, 0.4) is 0 Å². The van der Waals surface area contributed by atoms with Crippen molar-refractivity contribution in [1.29, 1.82) is 5.26 Å². The third kappa shape index (κ3) is 4.14. The summed E-state index contributed by atoms with van der Waals surface area (Å²) in [6, 6.07) is 9.11. The van der Waals surface area contributed by atoms with Gasteiger partial charge in [-0.1, -0.05) is 12.1 Å². The van der Waals surface area contributed by atoms with E-state index in [1.165, 1.54) is 18.6 Å². The molecule has 24 heavy (non-hydrogen) atoms. The summed E-state index contributed by atoms with van der Waals surface area (Å²) in [7, 11) is -3.86. The number of sulfonamides is 1. The SMILES string of the molecule is CCN(c1ccc(C=NS(=O)(=O)c2cnccn2)cc1)C(C)C#N. The second-order valence-electron chi connectivity index (χ2n) is 4.94. The highest BCUT2D eigenvalue weighted by Gasteiger charge is 2.14. The molecule has 0 saturated heterocycles. The van der Waals surface area contributed by atoms with E-state index < -0.39 is 10.0 Å². The predicted octanol–water partition coefficient (Wildman–Crippen LogP) is 2.02. The highest BCUT2D eigenvalue weighted by Crippen LogP contribution is 2.17. The molecule has 1 aromatic carbocycles. The normalized spacial score (nSPS) is 12.7. The third-order valence-corrected chi connectivity index (χ3v) is 4.49. The van der Waals surface area contributed by atoms with Crippen LogP contribution in [-0.2, 0) is 10.0 Å². The largest absolute Gasteiger partial charge is 0.356 e. The molecule has 1 atom stereocenters. The Hall–Kier alpha value is -2.79. The highest BCUT2D eigenvalue weighted by atomic mass is 32.2. The fourth-order valence-corrected chi connectivity index (χ4v) is 2.86. The predicted molar refractivity (Wildman–Crippen MR) is 91.3 cm³/mol. The molecular formula is C16H17N5O2S. The van der Waals surface area contributed by atoms with Crippen LogP contribution >= 0.6 is 0 Å². The molecule has 0 spiro atoms. The van der Waals surface area contributed by atoms with Crippen LogP contribution in [0.15, 0.2) is 52.3 Å². The van der Waals surface area contributed by atoms with Gasteiger partial charge in [0, 0.05) is 30.8 Å². The lowest BCUT2D eigenvalue weighted by atomic mass is 10.2. The monoisotopic (exact) mass is 343 g/mol. The van der Waals surface area contributed by atoms with Gasteiger partial charge in [0.15, 0.2) is 5.03 Å². The second kappa shape index (κ2) is 7.66. The minimum Gasteiger partial charge on any atom is -0.356 e. The minimum absolute atomic E-state index is 0.196. The van der Waals surface area contributed by atoms with E-state index in [1.54, 1.807) is 12.1 Å². The number of aromatic nitrogens is 2. The Morgan fingerprint density at radius 1 is 1.33 bits per heavy atom. The Kier molecular flexibility index (Phi) is 5.60. The van der Waals surface area contributed by atoms with Gasteiger partial charge in [0.05, 0.1) is 12.3 Å². The molecule has 8 heteroatoms. The van der Waals surface area contributed by atoms with Crippen LogP contribution < -0.4 is 4.90 Å². The number of nitriles is 1. The molecule has 0 fully saturated rings. The van der Waals surface area contributed by atoms with Crippen LogP contribution in [-0.4, -0.2) is 37.2 Å². The standard InChI is InChI=1S/C16H17N5O2S/c1-3-21(13(2)10-17)15-6-4-14(5-7-15)11-20-24(22,23)16-12-18-8-9-19-16/h4-9,11-13H,3H2,1-2H3. The van der Waals surface area contributed by atoms with Crippen LogP contribution in [0.4, 0.5) is 5.69 Å². The Morgan fingerprint density at radius 3 is 2.58 bits per heavy atom. The maximum absolute atomic E-state index is 12.0. The lowest BCUT2D eigenvalue weighted by molar-refractivity contribution is 0.594. The molecule has 0 amide bonds. The van der Waals surface area contributed by atoms with Gasteiger partial charge in [-0.25, -0.2) is 4.98 Å². The number of rotatable bonds is 6. The fraction of sp³-hybridized carbons (Fsp3) is 0.250. The van der Waals surface area contributed by atoms with Crippen LogP contribution in [0.2, 0.25) is 0 Å². The van der Waals surface area contributed by atoms with E-state index in [2.05, 4.69) is 20.4 Å². The molecule has 0 aliphatic carbocycles. The first-order chi connectivity index (χ1) is 11.5. The van der Waals surface area contributed by atoms with Crippen molar-refractivity contribution in [2.24, 2.45) is 4.40 Å². The van der Waals surface area contributed by atoms with Crippen molar-refractivity contribution in [3.05, 3.63) is 48.4 Å². The molecule has 0 aliphatic rings. The number of nitrogens with zero attached hydrogens (tertiary/aromatic N) is 5. The van der Waals surface area contributed by atoms with Crippen molar-refractivity contribution in [2.75, 3.05) is 11.4 Å². The molecule has 7 nitrogen and oxygen atoms in total. The number of anilines is 1. The minimum atomic E-state index is -3.86. The molecule has 0 radical (unpaired) electrons. The summed E-state index contributed by atoms with van der Waals surface area (Å²) in [5.74, 6) is 0. The topological polar surface area (TPSA) is 99.3 Å². The zero-order valence-corrected chi connectivity index (χ0v) is 14.2. The summed E-state index contributed by atoms with van der Waals surface area (Å²) in [6.45, 7) is 4.49. The van der Waals surface area contributed by atoms with Crippen LogP contribution in [0.25, 0.3) is 0 Å². The Labute approximate surface area is 141 Å². The zero-order chi connectivity index (χ0) is 17.6. The fourth-order valence-electron chi connectivity index (χ4n) is 2.10. The molecule has 2 rings (SSSR count). The lowest BCUT2D eigenvalue weighted by Crippen LogP contribution is -2.31. The molecule has 0 aliphatic heterocycles. The highest BCUT2D eigenvalue weighted by molar-refractivity contribution is 7.90. The maximum Gasteiger partial charge on any atom is 0.301 e. The average molecular weight is 343 g/mol. The van der Waals surface area contributed by atoms with Gasteiger partial charge in [-0.3, -0.25) is 4.98 Å². The van der Waals surface area contributed by atoms with Gasteiger partial charge in [-0.05, 0) is 31.5 Å². The van der Waals surface area contributed by atoms with Crippen LogP contribution in [0.1, 0.15) is 19.4 Å². The molecule has 124 valence electrons. The van der Waals surface area contributed by atoms with Gasteiger partial charge in [0.25, 0.3) is 0 Å². The molecule has 1 unspecified atom stereocenters. The van der Waals surface area contributed by atoms with E-state index in [0.717, 1.165) is 11.9 Å². The Morgan fingerprint density at radius 2 is 2.04 bits per heavy atom. The second-order valence-corrected chi connectivity index (χ2v) is 6.52. The summed E-state index contributed by atoms with van der Waals surface area (Å²) in [5, 5.41) is 8.85. The first kappa shape index (κ1) is 17.6.